The number of rotatable bonds is 7. The number of fused-ring (bicyclic) bond motifs is 3. The number of para-hydroxylation sites is 2. The number of hydrogen-bond acceptors (Lipinski definition) is 5. The molecule has 4 heterocycles. The summed E-state index contributed by atoms with van der Waals surface area (Å²) in [4.78, 5) is 34.6. The molecule has 39 heavy (non-hydrogen) atoms. The van der Waals surface area contributed by atoms with Crippen LogP contribution >= 0.6 is 0 Å². The topological polar surface area (TPSA) is 77.5 Å². The minimum absolute atomic E-state index is 0.0592. The van der Waals surface area contributed by atoms with Gasteiger partial charge in [0.05, 0.1) is 41.4 Å². The van der Waals surface area contributed by atoms with Gasteiger partial charge in [-0.05, 0) is 59.9 Å². The third-order valence-electron chi connectivity index (χ3n) is 7.94. The number of allylic oxidation sites excluding steroid dienone is 1. The molecule has 4 aromatic rings. The molecule has 0 radical (unpaired) electrons. The van der Waals surface area contributed by atoms with Crippen molar-refractivity contribution in [2.75, 3.05) is 0 Å². The van der Waals surface area contributed by atoms with Gasteiger partial charge in [-0.2, -0.15) is 0 Å². The van der Waals surface area contributed by atoms with Gasteiger partial charge in [0.2, 0.25) is 0 Å². The van der Waals surface area contributed by atoms with E-state index in [1.807, 2.05) is 41.5 Å². The number of nitrogens with zero attached hydrogens (tertiary/aromatic N) is 5. The zero-order chi connectivity index (χ0) is 26.2. The summed E-state index contributed by atoms with van der Waals surface area (Å²) in [5, 5.41) is 0. The van der Waals surface area contributed by atoms with Crippen LogP contribution in [0.15, 0.2) is 95.7 Å². The summed E-state index contributed by atoms with van der Waals surface area (Å²) >= 11 is 0. The van der Waals surface area contributed by atoms with Gasteiger partial charge in [-0.25, -0.2) is 4.98 Å². The maximum atomic E-state index is 12.8. The maximum Gasteiger partial charge on any atom is 0.256 e. The molecule has 2 unspecified atom stereocenters. The summed E-state index contributed by atoms with van der Waals surface area (Å²) in [5.41, 5.74) is 7.32. The van der Waals surface area contributed by atoms with E-state index in [4.69, 9.17) is 4.98 Å². The van der Waals surface area contributed by atoms with Crippen molar-refractivity contribution in [1.82, 2.24) is 24.8 Å². The first-order valence-electron chi connectivity index (χ1n) is 13.6. The van der Waals surface area contributed by atoms with Crippen LogP contribution in [0.3, 0.4) is 0 Å². The third kappa shape index (κ3) is 4.81. The largest absolute Gasteiger partial charge is 0.341 e. The van der Waals surface area contributed by atoms with Crippen molar-refractivity contribution in [3.63, 3.8) is 0 Å². The lowest BCUT2D eigenvalue weighted by molar-refractivity contribution is 0.0766. The number of pyridine rings is 1. The second-order valence-corrected chi connectivity index (χ2v) is 10.6. The molecule has 2 aliphatic heterocycles. The van der Waals surface area contributed by atoms with Gasteiger partial charge in [-0.15, -0.1) is 0 Å². The van der Waals surface area contributed by atoms with E-state index in [1.165, 1.54) is 11.1 Å². The molecule has 0 spiro atoms. The Balaban J connectivity index is 1.10. The number of nitrogens with one attached hydrogen (secondary N) is 1. The van der Waals surface area contributed by atoms with Crippen LogP contribution in [0.1, 0.15) is 45.8 Å². The van der Waals surface area contributed by atoms with Crippen molar-refractivity contribution >= 4 is 23.2 Å². The van der Waals surface area contributed by atoms with E-state index in [-0.39, 0.29) is 11.9 Å². The van der Waals surface area contributed by atoms with Crippen molar-refractivity contribution in [2.24, 2.45) is 4.99 Å². The molecule has 0 saturated heterocycles. The molecule has 2 aromatic carbocycles. The lowest BCUT2D eigenvalue weighted by atomic mass is 9.89. The van der Waals surface area contributed by atoms with Gasteiger partial charge in [0, 0.05) is 31.5 Å². The van der Waals surface area contributed by atoms with Crippen LogP contribution in [0.5, 0.6) is 0 Å². The van der Waals surface area contributed by atoms with Crippen LogP contribution < -0.4 is 0 Å². The second-order valence-electron chi connectivity index (χ2n) is 10.6. The highest BCUT2D eigenvalue weighted by atomic mass is 16.2. The fraction of sp³-hybridized carbons (Fsp3) is 0.250. The lowest BCUT2D eigenvalue weighted by Crippen LogP contribution is -2.37. The van der Waals surface area contributed by atoms with Gasteiger partial charge in [0.25, 0.3) is 5.91 Å². The molecule has 1 amide bonds. The van der Waals surface area contributed by atoms with Crippen LogP contribution in [-0.2, 0) is 26.2 Å². The van der Waals surface area contributed by atoms with E-state index in [0.29, 0.717) is 19.1 Å². The summed E-state index contributed by atoms with van der Waals surface area (Å²) < 4.78 is 0. The Bertz CT molecular complexity index is 1580. The van der Waals surface area contributed by atoms with Crippen molar-refractivity contribution in [3.8, 4) is 0 Å². The average Bonchev–Trinajstić information content (AvgIpc) is 3.53. The zero-order valence-corrected chi connectivity index (χ0v) is 21.7. The van der Waals surface area contributed by atoms with Gasteiger partial charge in [-0.3, -0.25) is 19.7 Å². The van der Waals surface area contributed by atoms with Crippen LogP contribution in [0.25, 0.3) is 11.0 Å². The first kappa shape index (κ1) is 23.7. The van der Waals surface area contributed by atoms with Gasteiger partial charge >= 0.3 is 0 Å². The van der Waals surface area contributed by atoms with Gasteiger partial charge in [0.15, 0.2) is 0 Å². The van der Waals surface area contributed by atoms with E-state index in [2.05, 4.69) is 68.4 Å². The van der Waals surface area contributed by atoms with E-state index in [9.17, 15) is 4.79 Å². The van der Waals surface area contributed by atoms with Crippen LogP contribution in [0, 0.1) is 0 Å². The molecule has 7 nitrogen and oxygen atoms in total. The van der Waals surface area contributed by atoms with E-state index >= 15 is 0 Å². The Kier molecular flexibility index (Phi) is 6.13. The molecule has 0 fully saturated rings. The van der Waals surface area contributed by atoms with E-state index < -0.39 is 0 Å². The number of benzene rings is 2. The van der Waals surface area contributed by atoms with E-state index in [0.717, 1.165) is 59.6 Å². The number of H-pyrrole nitrogens is 1. The monoisotopic (exact) mass is 514 g/mol. The predicted octanol–water partition coefficient (Wildman–Crippen LogP) is 5.21. The number of aromatic amines is 1. The molecule has 0 saturated carbocycles. The number of carbonyl (C=O) groups excluding carboxylic acids is 1. The summed E-state index contributed by atoms with van der Waals surface area (Å²) in [6.07, 6.45) is 12.4. The van der Waals surface area contributed by atoms with Crippen LogP contribution in [0.4, 0.5) is 0 Å². The predicted molar refractivity (Wildman–Crippen MR) is 152 cm³/mol. The quantitative estimate of drug-likeness (QED) is 0.367. The molecule has 7 rings (SSSR count). The van der Waals surface area contributed by atoms with Crippen LogP contribution in [-0.4, -0.2) is 49.0 Å². The second kappa shape index (κ2) is 10.1. The number of aromatic nitrogens is 3. The van der Waals surface area contributed by atoms with Crippen molar-refractivity contribution in [3.05, 3.63) is 119 Å². The summed E-state index contributed by atoms with van der Waals surface area (Å²) in [5.74, 6) is 1.04. The Morgan fingerprint density at radius 1 is 0.974 bits per heavy atom. The highest BCUT2D eigenvalue weighted by molar-refractivity contribution is 5.97. The summed E-state index contributed by atoms with van der Waals surface area (Å²) in [7, 11) is 0. The maximum absolute atomic E-state index is 12.8. The molecule has 194 valence electrons. The first-order chi connectivity index (χ1) is 19.2. The molecular weight excluding hydrogens is 484 g/mol. The number of hydrogen-bond donors (Lipinski definition) is 1. The number of imidazole rings is 1. The highest BCUT2D eigenvalue weighted by Gasteiger charge is 2.29. The Labute approximate surface area is 227 Å². The molecule has 0 bridgehead atoms. The highest BCUT2D eigenvalue weighted by Crippen LogP contribution is 2.29. The standard InChI is InChI=1S/C32H30N6O/c39-32-26-6-4-16-34-30(26)20-38(32)19-23-11-9-22(10-12-23)18-37(21-31-35-28-7-1-2-8-29(28)36-31)25-13-14-27-24(17-25)5-3-15-33-27/h1-12,15-17,25,27H,13-14,18-21H2,(H,35,36). The Morgan fingerprint density at radius 3 is 2.72 bits per heavy atom. The van der Waals surface area contributed by atoms with Gasteiger partial charge < -0.3 is 9.88 Å². The molecule has 1 aliphatic carbocycles. The Morgan fingerprint density at radius 2 is 1.85 bits per heavy atom. The lowest BCUT2D eigenvalue weighted by Gasteiger charge is -2.34. The molecule has 3 aliphatic rings. The first-order valence-corrected chi connectivity index (χ1v) is 13.6. The van der Waals surface area contributed by atoms with Gasteiger partial charge in [0.1, 0.15) is 5.82 Å². The van der Waals surface area contributed by atoms with Crippen molar-refractivity contribution in [1.29, 1.82) is 0 Å². The summed E-state index contributed by atoms with van der Waals surface area (Å²) in [6, 6.07) is 21.1. The minimum atomic E-state index is 0.0592. The molecule has 1 N–H and O–H groups in total. The Hall–Kier alpha value is -4.36. The molecular formula is C32H30N6O. The fourth-order valence-corrected chi connectivity index (χ4v) is 5.91. The minimum Gasteiger partial charge on any atom is -0.341 e. The number of carbonyl (C=O) groups is 1. The number of amides is 1. The van der Waals surface area contributed by atoms with Crippen LogP contribution in [0.2, 0.25) is 0 Å². The van der Waals surface area contributed by atoms with E-state index in [1.54, 1.807) is 6.20 Å². The SMILES string of the molecule is O=C1c2cccnc2CN1Cc1ccc(CN(Cc2nc3ccccc3[nH]2)C2C=C3C=CC=NC3CC2)cc1. The van der Waals surface area contributed by atoms with Gasteiger partial charge in [-0.1, -0.05) is 48.6 Å². The summed E-state index contributed by atoms with van der Waals surface area (Å²) in [6.45, 7) is 2.69. The smallest absolute Gasteiger partial charge is 0.256 e. The number of dihydropyridines is 1. The number of aliphatic imine (C=N–C) groups is 1. The molecule has 2 aromatic heterocycles. The normalized spacial score (nSPS) is 20.0. The van der Waals surface area contributed by atoms with Crippen molar-refractivity contribution < 1.29 is 4.79 Å². The average molecular weight is 515 g/mol. The molecule has 2 atom stereocenters. The third-order valence-corrected chi connectivity index (χ3v) is 7.94. The fourth-order valence-electron chi connectivity index (χ4n) is 5.91. The zero-order valence-electron chi connectivity index (χ0n) is 21.7. The molecule has 7 heteroatoms. The van der Waals surface area contributed by atoms with Crippen molar-refractivity contribution in [2.45, 2.75) is 51.1 Å².